The van der Waals surface area contributed by atoms with Gasteiger partial charge in [0.15, 0.2) is 0 Å². The third kappa shape index (κ3) is 2.82. The lowest BCUT2D eigenvalue weighted by Crippen LogP contribution is -2.39. The first kappa shape index (κ1) is 13.1. The quantitative estimate of drug-likeness (QED) is 0.860. The lowest BCUT2D eigenvalue weighted by Gasteiger charge is -2.24. The van der Waals surface area contributed by atoms with E-state index in [1.54, 1.807) is 6.07 Å². The van der Waals surface area contributed by atoms with Gasteiger partial charge < -0.3 is 10.2 Å². The predicted molar refractivity (Wildman–Crippen MR) is 74.6 cm³/mol. The summed E-state index contributed by atoms with van der Waals surface area (Å²) in [5.74, 6) is -0.457. The van der Waals surface area contributed by atoms with Crippen molar-refractivity contribution in [1.29, 1.82) is 0 Å². The van der Waals surface area contributed by atoms with Crippen molar-refractivity contribution in [3.05, 3.63) is 34.1 Å². The molecule has 3 rings (SSSR count). The SMILES string of the molecule is O=C(c1cc(F)cc(Br)c1)N1CCC2CCC(C1)N2. The predicted octanol–water partition coefficient (Wildman–Crippen LogP) is 2.55. The fourth-order valence-electron chi connectivity index (χ4n) is 2.99. The Morgan fingerprint density at radius 1 is 1.26 bits per heavy atom. The average molecular weight is 327 g/mol. The average Bonchev–Trinajstić information content (AvgIpc) is 2.67. The van der Waals surface area contributed by atoms with Gasteiger partial charge in [-0.3, -0.25) is 4.79 Å². The van der Waals surface area contributed by atoms with E-state index in [0.29, 0.717) is 22.1 Å². The topological polar surface area (TPSA) is 32.3 Å². The Morgan fingerprint density at radius 3 is 2.84 bits per heavy atom. The molecule has 0 saturated carbocycles. The van der Waals surface area contributed by atoms with Crippen LogP contribution in [-0.2, 0) is 0 Å². The number of benzene rings is 1. The highest BCUT2D eigenvalue weighted by Gasteiger charge is 2.31. The first-order chi connectivity index (χ1) is 9.11. The summed E-state index contributed by atoms with van der Waals surface area (Å²) in [4.78, 5) is 14.3. The van der Waals surface area contributed by atoms with Gasteiger partial charge in [-0.25, -0.2) is 4.39 Å². The Labute approximate surface area is 120 Å². The van der Waals surface area contributed by atoms with Crippen LogP contribution in [0.1, 0.15) is 29.6 Å². The minimum absolute atomic E-state index is 0.0745. The maximum atomic E-state index is 13.4. The maximum Gasteiger partial charge on any atom is 0.254 e. The first-order valence-electron chi connectivity index (χ1n) is 6.63. The van der Waals surface area contributed by atoms with E-state index in [4.69, 9.17) is 0 Å². The summed E-state index contributed by atoms with van der Waals surface area (Å²) in [6.45, 7) is 1.48. The summed E-state index contributed by atoms with van der Waals surface area (Å²) >= 11 is 3.23. The van der Waals surface area contributed by atoms with Crippen molar-refractivity contribution in [2.45, 2.75) is 31.3 Å². The molecule has 1 N–H and O–H groups in total. The van der Waals surface area contributed by atoms with Gasteiger partial charge in [0.05, 0.1) is 0 Å². The van der Waals surface area contributed by atoms with Gasteiger partial charge in [0.2, 0.25) is 0 Å². The Morgan fingerprint density at radius 2 is 2.05 bits per heavy atom. The monoisotopic (exact) mass is 326 g/mol. The largest absolute Gasteiger partial charge is 0.337 e. The van der Waals surface area contributed by atoms with Crippen molar-refractivity contribution >= 4 is 21.8 Å². The zero-order valence-corrected chi connectivity index (χ0v) is 12.1. The summed E-state index contributed by atoms with van der Waals surface area (Å²) in [5, 5.41) is 3.53. The number of rotatable bonds is 1. The number of fused-ring (bicyclic) bond motifs is 2. The minimum Gasteiger partial charge on any atom is -0.337 e. The molecule has 102 valence electrons. The van der Waals surface area contributed by atoms with E-state index in [0.717, 1.165) is 25.9 Å². The van der Waals surface area contributed by atoms with Crippen LogP contribution in [-0.4, -0.2) is 36.0 Å². The summed E-state index contributed by atoms with van der Waals surface area (Å²) < 4.78 is 14.0. The van der Waals surface area contributed by atoms with E-state index in [1.165, 1.54) is 18.6 Å². The molecule has 0 aliphatic carbocycles. The summed E-state index contributed by atoms with van der Waals surface area (Å²) in [6.07, 6.45) is 3.32. The molecule has 0 spiro atoms. The van der Waals surface area contributed by atoms with Gasteiger partial charge in [-0.1, -0.05) is 15.9 Å². The molecule has 0 radical (unpaired) electrons. The molecule has 2 aliphatic rings. The second-order valence-corrected chi connectivity index (χ2v) is 6.25. The first-order valence-corrected chi connectivity index (χ1v) is 7.42. The zero-order valence-electron chi connectivity index (χ0n) is 10.5. The standard InChI is InChI=1S/C14H16BrFN2O/c15-10-5-9(6-11(16)7-10)14(19)18-4-3-12-1-2-13(8-18)17-12/h5-7,12-13,17H,1-4,8H2. The molecule has 3 nitrogen and oxygen atoms in total. The van der Waals surface area contributed by atoms with Crippen LogP contribution in [0.4, 0.5) is 4.39 Å². The molecule has 2 unspecified atom stereocenters. The third-order valence-electron chi connectivity index (χ3n) is 3.92. The number of hydrogen-bond acceptors (Lipinski definition) is 2. The van der Waals surface area contributed by atoms with Gasteiger partial charge in [-0.05, 0) is 37.5 Å². The van der Waals surface area contributed by atoms with Crippen LogP contribution in [0.25, 0.3) is 0 Å². The molecule has 2 heterocycles. The molecule has 2 fully saturated rings. The summed E-state index contributed by atoms with van der Waals surface area (Å²) in [7, 11) is 0. The molecule has 2 aliphatic heterocycles. The molecule has 1 amide bonds. The van der Waals surface area contributed by atoms with Crippen molar-refractivity contribution in [3.8, 4) is 0 Å². The molecular formula is C14H16BrFN2O. The van der Waals surface area contributed by atoms with Gasteiger partial charge in [-0.15, -0.1) is 0 Å². The van der Waals surface area contributed by atoms with Crippen molar-refractivity contribution in [1.82, 2.24) is 10.2 Å². The van der Waals surface area contributed by atoms with Crippen molar-refractivity contribution < 1.29 is 9.18 Å². The van der Waals surface area contributed by atoms with Crippen LogP contribution >= 0.6 is 15.9 Å². The van der Waals surface area contributed by atoms with Crippen LogP contribution in [0.3, 0.4) is 0 Å². The normalized spacial score (nSPS) is 26.3. The molecule has 5 heteroatoms. The van der Waals surface area contributed by atoms with E-state index in [1.807, 2.05) is 4.90 Å². The highest BCUT2D eigenvalue weighted by molar-refractivity contribution is 9.10. The second-order valence-electron chi connectivity index (χ2n) is 5.34. The van der Waals surface area contributed by atoms with E-state index < -0.39 is 0 Å². The van der Waals surface area contributed by atoms with Crippen LogP contribution in [0.5, 0.6) is 0 Å². The molecule has 1 aromatic carbocycles. The molecule has 2 saturated heterocycles. The smallest absolute Gasteiger partial charge is 0.254 e. The molecule has 0 aromatic heterocycles. The minimum atomic E-state index is -0.382. The van der Waals surface area contributed by atoms with E-state index in [9.17, 15) is 9.18 Å². The fourth-order valence-corrected chi connectivity index (χ4v) is 3.45. The number of nitrogens with zero attached hydrogens (tertiary/aromatic N) is 1. The van der Waals surface area contributed by atoms with E-state index in [-0.39, 0.29) is 11.7 Å². The third-order valence-corrected chi connectivity index (χ3v) is 4.38. The number of carbonyl (C=O) groups is 1. The molecule has 2 atom stereocenters. The lowest BCUT2D eigenvalue weighted by atomic mass is 10.1. The molecule has 1 aromatic rings. The van der Waals surface area contributed by atoms with Crippen molar-refractivity contribution in [2.75, 3.05) is 13.1 Å². The number of nitrogens with one attached hydrogen (secondary N) is 1. The van der Waals surface area contributed by atoms with Crippen molar-refractivity contribution in [3.63, 3.8) is 0 Å². The number of carbonyl (C=O) groups excluding carboxylic acids is 1. The number of likely N-dealkylation sites (tertiary alicyclic amines) is 1. The molecule has 2 bridgehead atoms. The van der Waals surface area contributed by atoms with E-state index >= 15 is 0 Å². The Bertz CT molecular complexity index is 488. The number of amides is 1. The highest BCUT2D eigenvalue weighted by Crippen LogP contribution is 2.22. The van der Waals surface area contributed by atoms with Gasteiger partial charge in [-0.2, -0.15) is 0 Å². The number of halogens is 2. The number of hydrogen-bond donors (Lipinski definition) is 1. The van der Waals surface area contributed by atoms with Crippen molar-refractivity contribution in [2.24, 2.45) is 0 Å². The fraction of sp³-hybridized carbons (Fsp3) is 0.500. The van der Waals surface area contributed by atoms with Crippen LogP contribution in [0.2, 0.25) is 0 Å². The summed E-state index contributed by atoms with van der Waals surface area (Å²) in [6, 6.07) is 5.30. The van der Waals surface area contributed by atoms with Crippen LogP contribution < -0.4 is 5.32 Å². The molecule has 19 heavy (non-hydrogen) atoms. The highest BCUT2D eigenvalue weighted by atomic mass is 79.9. The Balaban J connectivity index is 1.79. The maximum absolute atomic E-state index is 13.4. The second kappa shape index (κ2) is 5.21. The Hall–Kier alpha value is -0.940. The van der Waals surface area contributed by atoms with Gasteiger partial charge in [0.1, 0.15) is 5.82 Å². The van der Waals surface area contributed by atoms with Gasteiger partial charge in [0.25, 0.3) is 5.91 Å². The van der Waals surface area contributed by atoms with Gasteiger partial charge >= 0.3 is 0 Å². The Kier molecular flexibility index (Phi) is 3.58. The summed E-state index contributed by atoms with van der Waals surface area (Å²) in [5.41, 5.74) is 0.421. The van der Waals surface area contributed by atoms with Crippen LogP contribution in [0.15, 0.2) is 22.7 Å². The van der Waals surface area contributed by atoms with Gasteiger partial charge in [0, 0.05) is 35.2 Å². The van der Waals surface area contributed by atoms with E-state index in [2.05, 4.69) is 21.2 Å². The molecular weight excluding hydrogens is 311 g/mol. The van der Waals surface area contributed by atoms with Crippen LogP contribution in [0, 0.1) is 5.82 Å². The lowest BCUT2D eigenvalue weighted by molar-refractivity contribution is 0.0747. The zero-order chi connectivity index (χ0) is 13.4.